The van der Waals surface area contributed by atoms with Crippen LogP contribution in [-0.4, -0.2) is 98.2 Å². The molecule has 0 aliphatic heterocycles. The minimum Gasteiger partial charge on any atom is -0.756 e. The van der Waals surface area contributed by atoms with E-state index in [-0.39, 0.29) is 50.1 Å². The number of carbonyl (C=O) groups excluding carboxylic acids is 3. The van der Waals surface area contributed by atoms with Gasteiger partial charge in [-0.2, -0.15) is 0 Å². The first-order valence-corrected chi connectivity index (χ1v) is 25.2. The van der Waals surface area contributed by atoms with Crippen molar-refractivity contribution in [3.8, 4) is 0 Å². The fourth-order valence-corrected chi connectivity index (χ4v) is 7.60. The Balaban J connectivity index is 2.47. The second kappa shape index (κ2) is 36.3. The lowest BCUT2D eigenvalue weighted by atomic mass is 9.88. The normalized spacial score (nSPS) is 19.4. The van der Waals surface area contributed by atoms with E-state index >= 15 is 0 Å². The van der Waals surface area contributed by atoms with Gasteiger partial charge in [0.1, 0.15) is 25.5 Å². The number of rotatable bonds is 38. The molecule has 1 unspecified atom stereocenters. The molecular weight excluding hydrogens is 822 g/mol. The van der Waals surface area contributed by atoms with Crippen LogP contribution < -0.4 is 4.89 Å². The second-order valence-corrected chi connectivity index (χ2v) is 18.9. The molecule has 0 aromatic carbocycles. The van der Waals surface area contributed by atoms with Crippen molar-refractivity contribution >= 4 is 25.5 Å². The summed E-state index contributed by atoms with van der Waals surface area (Å²) in [5.41, 5.74) is 0. The third-order valence-electron chi connectivity index (χ3n) is 10.6. The van der Waals surface area contributed by atoms with E-state index in [4.69, 9.17) is 18.5 Å². The number of nitrogens with zero attached hydrogens (tertiary/aromatic N) is 1. The molecule has 1 aliphatic rings. The molecular formula is C50H84NO11P. The van der Waals surface area contributed by atoms with Crippen molar-refractivity contribution < 1.29 is 57.1 Å². The first-order chi connectivity index (χ1) is 30.2. The fourth-order valence-electron chi connectivity index (χ4n) is 6.87. The number of quaternary nitrogens is 1. The Morgan fingerprint density at radius 2 is 1.37 bits per heavy atom. The average molecular weight is 906 g/mol. The van der Waals surface area contributed by atoms with Crippen molar-refractivity contribution in [1.29, 1.82) is 0 Å². The molecule has 6 atom stereocenters. The summed E-state index contributed by atoms with van der Waals surface area (Å²) < 4.78 is 33.9. The first-order valence-electron chi connectivity index (χ1n) is 23.7. The summed E-state index contributed by atoms with van der Waals surface area (Å²) in [5.74, 6) is -1.58. The zero-order chi connectivity index (χ0) is 46.6. The molecule has 0 aromatic rings. The van der Waals surface area contributed by atoms with Crippen molar-refractivity contribution in [2.75, 3.05) is 47.5 Å². The maximum Gasteiger partial charge on any atom is 0.306 e. The fraction of sp³-hybridized carbons (Fsp3) is 0.700. The van der Waals surface area contributed by atoms with Gasteiger partial charge >= 0.3 is 11.9 Å². The van der Waals surface area contributed by atoms with Gasteiger partial charge in [-0.15, -0.1) is 0 Å². The number of aliphatic hydroxyl groups excluding tert-OH is 2. The summed E-state index contributed by atoms with van der Waals surface area (Å²) >= 11 is 0. The highest BCUT2D eigenvalue weighted by Crippen LogP contribution is 2.38. The summed E-state index contributed by atoms with van der Waals surface area (Å²) in [5, 5.41) is 20.8. The van der Waals surface area contributed by atoms with Gasteiger partial charge < -0.3 is 38.1 Å². The largest absolute Gasteiger partial charge is 0.756 e. The van der Waals surface area contributed by atoms with Crippen LogP contribution in [0.15, 0.2) is 72.9 Å². The van der Waals surface area contributed by atoms with E-state index in [0.29, 0.717) is 36.7 Å². The lowest BCUT2D eigenvalue weighted by molar-refractivity contribution is -0.870. The van der Waals surface area contributed by atoms with Crippen LogP contribution in [0.1, 0.15) is 149 Å². The molecule has 13 heteroatoms. The van der Waals surface area contributed by atoms with Crippen LogP contribution in [0.5, 0.6) is 0 Å². The van der Waals surface area contributed by atoms with Crippen LogP contribution >= 0.6 is 7.82 Å². The van der Waals surface area contributed by atoms with Crippen LogP contribution in [0.3, 0.4) is 0 Å². The van der Waals surface area contributed by atoms with Gasteiger partial charge in [-0.05, 0) is 70.6 Å². The van der Waals surface area contributed by atoms with Crippen molar-refractivity contribution in [2.45, 2.75) is 167 Å². The Bertz CT molecular complexity index is 1460. The van der Waals surface area contributed by atoms with Gasteiger partial charge in [0, 0.05) is 31.1 Å². The van der Waals surface area contributed by atoms with E-state index in [2.05, 4.69) is 74.6 Å². The zero-order valence-electron chi connectivity index (χ0n) is 39.5. The number of aliphatic hydroxyl groups is 2. The predicted molar refractivity (Wildman–Crippen MR) is 250 cm³/mol. The molecule has 1 rings (SSSR count). The molecule has 0 heterocycles. The van der Waals surface area contributed by atoms with Crippen molar-refractivity contribution in [3.05, 3.63) is 72.9 Å². The zero-order valence-corrected chi connectivity index (χ0v) is 40.4. The third-order valence-corrected chi connectivity index (χ3v) is 11.6. The molecule has 0 bridgehead atoms. The van der Waals surface area contributed by atoms with E-state index in [9.17, 15) is 34.1 Å². The Kier molecular flexibility index (Phi) is 33.4. The number of likely N-dealkylation sites (N-methyl/N-ethyl adjacent to an activating group) is 1. The molecule has 360 valence electrons. The second-order valence-electron chi connectivity index (χ2n) is 17.5. The van der Waals surface area contributed by atoms with Gasteiger partial charge in [-0.3, -0.25) is 18.9 Å². The molecule has 0 amide bonds. The van der Waals surface area contributed by atoms with Gasteiger partial charge in [-0.1, -0.05) is 132 Å². The van der Waals surface area contributed by atoms with E-state index in [1.54, 1.807) is 6.08 Å². The number of ether oxygens (including phenoxy) is 2. The Morgan fingerprint density at radius 1 is 0.778 bits per heavy atom. The summed E-state index contributed by atoms with van der Waals surface area (Å²) in [6.45, 7) is 3.68. The maximum atomic E-state index is 12.7. The molecule has 1 saturated carbocycles. The number of hydrogen-bond acceptors (Lipinski definition) is 11. The van der Waals surface area contributed by atoms with Crippen molar-refractivity contribution in [1.82, 2.24) is 0 Å². The summed E-state index contributed by atoms with van der Waals surface area (Å²) in [6.07, 6.45) is 38.3. The average Bonchev–Trinajstić information content (AvgIpc) is 3.50. The highest BCUT2D eigenvalue weighted by molar-refractivity contribution is 7.45. The molecule has 0 saturated heterocycles. The monoisotopic (exact) mass is 906 g/mol. The number of ketones is 1. The molecule has 1 aliphatic carbocycles. The number of esters is 2. The maximum absolute atomic E-state index is 12.7. The number of phosphoric ester groups is 1. The van der Waals surface area contributed by atoms with E-state index < -0.39 is 44.7 Å². The van der Waals surface area contributed by atoms with E-state index in [1.807, 2.05) is 27.2 Å². The van der Waals surface area contributed by atoms with Gasteiger partial charge in [-0.25, -0.2) is 0 Å². The van der Waals surface area contributed by atoms with Crippen LogP contribution in [0.25, 0.3) is 0 Å². The SMILES string of the molecule is CC/C=C\C/C=C\C/C=C\C/C=C\C/C=C\CCCCCC(=O)O[C@H](COC(=O)CCCCCC[C@H]1C(=O)C[C@@H](O)[C@@H]1/C=C/[C@@H](O)CCCCC)COP(=O)([O-])OCC[N+](C)(C)C. The molecule has 0 radical (unpaired) electrons. The number of hydrogen-bond donors (Lipinski definition) is 2. The Labute approximate surface area is 380 Å². The number of allylic oxidation sites excluding steroid dienone is 10. The molecule has 63 heavy (non-hydrogen) atoms. The minimum atomic E-state index is -4.70. The van der Waals surface area contributed by atoms with Gasteiger partial charge in [0.15, 0.2) is 6.10 Å². The van der Waals surface area contributed by atoms with Crippen LogP contribution in [0.2, 0.25) is 0 Å². The number of Topliss-reactive ketones (excluding diaryl/α,β-unsaturated/α-hetero) is 1. The topological polar surface area (TPSA) is 169 Å². The molecule has 0 spiro atoms. The Hall–Kier alpha value is -2.96. The van der Waals surface area contributed by atoms with Gasteiger partial charge in [0.05, 0.1) is 40.0 Å². The molecule has 0 aromatic heterocycles. The first kappa shape index (κ1) is 58.1. The minimum absolute atomic E-state index is 0.0433. The molecule has 12 nitrogen and oxygen atoms in total. The Morgan fingerprint density at radius 3 is 1.98 bits per heavy atom. The van der Waals surface area contributed by atoms with Crippen LogP contribution in [0.4, 0.5) is 0 Å². The van der Waals surface area contributed by atoms with Crippen molar-refractivity contribution in [3.63, 3.8) is 0 Å². The van der Waals surface area contributed by atoms with Crippen LogP contribution in [0, 0.1) is 11.8 Å². The number of carbonyl (C=O) groups is 3. The summed E-state index contributed by atoms with van der Waals surface area (Å²) in [6, 6.07) is 0. The highest BCUT2D eigenvalue weighted by atomic mass is 31.2. The van der Waals surface area contributed by atoms with E-state index in [0.717, 1.165) is 89.9 Å². The third kappa shape index (κ3) is 33.2. The van der Waals surface area contributed by atoms with Crippen molar-refractivity contribution in [2.24, 2.45) is 11.8 Å². The quantitative estimate of drug-likeness (QED) is 0.0199. The van der Waals surface area contributed by atoms with E-state index in [1.165, 1.54) is 0 Å². The van der Waals surface area contributed by atoms with Crippen LogP contribution in [-0.2, 0) is 37.5 Å². The smallest absolute Gasteiger partial charge is 0.306 e. The lowest BCUT2D eigenvalue weighted by Crippen LogP contribution is -2.37. The predicted octanol–water partition coefficient (Wildman–Crippen LogP) is 9.76. The lowest BCUT2D eigenvalue weighted by Gasteiger charge is -2.28. The number of phosphoric acid groups is 1. The highest BCUT2D eigenvalue weighted by Gasteiger charge is 2.39. The summed E-state index contributed by atoms with van der Waals surface area (Å²) in [7, 11) is 0.998. The standard InChI is InChI=1S/C50H84NO11P/c1-6-8-10-11-12-13-14-15-16-17-18-19-20-21-22-23-24-25-31-35-50(56)62-44(42-61-63(57,58)60-39-38-51(3,4)5)41-59-49(55)34-30-27-26-29-33-45-46(48(54)40-47(45)53)37-36-43(52)32-28-9-7-2/h8,10,12-13,15-16,18-19,21-22,36-37,43-46,48,52,54H,6-7,9,11,14,17,20,23-35,38-42H2,1-5H3/b10-8-,13-12-,16-15-,19-18-,22-21-,37-36+/t43-,44+,45+,46+,48+/m0/s1. The molecule has 1 fully saturated rings. The van der Waals surface area contributed by atoms with Gasteiger partial charge in [0.2, 0.25) is 0 Å². The van der Waals surface area contributed by atoms with Gasteiger partial charge in [0.25, 0.3) is 7.82 Å². The summed E-state index contributed by atoms with van der Waals surface area (Å²) in [4.78, 5) is 50.4. The molecule has 2 N–H and O–H groups in total. The number of unbranched alkanes of at least 4 members (excludes halogenated alkanes) is 8.